The number of rotatable bonds is 1. The summed E-state index contributed by atoms with van der Waals surface area (Å²) in [4.78, 5) is 0.219. The van der Waals surface area contributed by atoms with Gasteiger partial charge >= 0.3 is 0 Å². The van der Waals surface area contributed by atoms with Crippen LogP contribution in [0.15, 0.2) is 59.9 Å². The van der Waals surface area contributed by atoms with Gasteiger partial charge < -0.3 is 10.4 Å². The fourth-order valence-corrected chi connectivity index (χ4v) is 2.17. The molecule has 3 rings (SSSR count). The highest BCUT2D eigenvalue weighted by molar-refractivity contribution is 6.02. The van der Waals surface area contributed by atoms with Crippen molar-refractivity contribution in [3.8, 4) is 0 Å². The summed E-state index contributed by atoms with van der Waals surface area (Å²) in [7, 11) is 0. The molecule has 1 N–H and O–H groups in total. The zero-order chi connectivity index (χ0) is 12.5. The van der Waals surface area contributed by atoms with Gasteiger partial charge in [-0.05, 0) is 33.2 Å². The normalized spacial score (nSPS) is 12.1. The third kappa shape index (κ3) is 1.55. The van der Waals surface area contributed by atoms with Crippen molar-refractivity contribution in [1.29, 1.82) is 0 Å². The highest BCUT2D eigenvalue weighted by atomic mass is 16.6. The van der Waals surface area contributed by atoms with Crippen molar-refractivity contribution in [2.24, 2.45) is 5.28 Å². The maximum atomic E-state index is 11.5. The smallest absolute Gasteiger partial charge is 0.256 e. The van der Waals surface area contributed by atoms with Gasteiger partial charge in [0.25, 0.3) is 5.69 Å². The van der Waals surface area contributed by atoms with E-state index >= 15 is 0 Å². The lowest BCUT2D eigenvalue weighted by Crippen LogP contribution is -1.91. The minimum absolute atomic E-state index is 0.219. The van der Waals surface area contributed by atoms with Crippen LogP contribution in [-0.4, -0.2) is 10.1 Å². The molecule has 0 saturated carbocycles. The monoisotopic (exact) mass is 238 g/mol. The molecule has 0 radical (unpaired) electrons. The van der Waals surface area contributed by atoms with Crippen LogP contribution in [0.1, 0.15) is 0 Å². The van der Waals surface area contributed by atoms with Crippen LogP contribution in [0.3, 0.4) is 0 Å². The first-order valence-electron chi connectivity index (χ1n) is 5.53. The second kappa shape index (κ2) is 4.00. The molecule has 0 aliphatic heterocycles. The van der Waals surface area contributed by atoms with Crippen molar-refractivity contribution < 1.29 is 10.1 Å². The summed E-state index contributed by atoms with van der Waals surface area (Å²) >= 11 is 0. The van der Waals surface area contributed by atoms with Crippen LogP contribution in [0.5, 0.6) is 0 Å². The maximum Gasteiger partial charge on any atom is 0.256 e. The zero-order valence-electron chi connectivity index (χ0n) is 9.45. The largest absolute Gasteiger partial charge is 0.592 e. The molecule has 0 unspecified atom stereocenters. The quantitative estimate of drug-likeness (QED) is 0.302. The molecule has 0 fully saturated rings. The summed E-state index contributed by atoms with van der Waals surface area (Å²) in [6.07, 6.45) is 0. The van der Waals surface area contributed by atoms with Crippen molar-refractivity contribution >= 4 is 27.2 Å². The molecule has 3 aromatic carbocycles. The van der Waals surface area contributed by atoms with Gasteiger partial charge in [0.15, 0.2) is 0 Å². The summed E-state index contributed by atoms with van der Waals surface area (Å²) in [6.45, 7) is 0. The number of fused-ring (bicyclic) bond motifs is 2. The Morgan fingerprint density at radius 1 is 0.889 bits per heavy atom. The molecular weight excluding hydrogens is 228 g/mol. The average molecular weight is 238 g/mol. The van der Waals surface area contributed by atoms with Crippen LogP contribution in [0.4, 0.5) is 5.69 Å². The van der Waals surface area contributed by atoms with Gasteiger partial charge in [-0.3, -0.25) is 0 Å². The first-order valence-corrected chi connectivity index (χ1v) is 5.53. The summed E-state index contributed by atoms with van der Waals surface area (Å²) in [5.74, 6) is 0. The number of benzene rings is 3. The average Bonchev–Trinajstić information content (AvgIpc) is 2.43. The minimum atomic E-state index is 0.219. The van der Waals surface area contributed by atoms with Gasteiger partial charge in [0.2, 0.25) is 5.28 Å². The van der Waals surface area contributed by atoms with Crippen molar-refractivity contribution in [1.82, 2.24) is 0 Å². The van der Waals surface area contributed by atoms with E-state index in [4.69, 9.17) is 5.21 Å². The first kappa shape index (κ1) is 10.5. The lowest BCUT2D eigenvalue weighted by atomic mass is 10.0. The Morgan fingerprint density at radius 3 is 2.28 bits per heavy atom. The molecule has 3 aromatic rings. The highest BCUT2D eigenvalue weighted by Gasteiger charge is 2.10. The van der Waals surface area contributed by atoms with Gasteiger partial charge in [-0.1, -0.05) is 36.4 Å². The molecule has 0 saturated heterocycles. The molecule has 0 aliphatic carbocycles. The molecule has 0 spiro atoms. The van der Waals surface area contributed by atoms with E-state index in [1.165, 1.54) is 0 Å². The number of hydrogen-bond donors (Lipinski definition) is 1. The number of nitrogens with zero attached hydrogens (tertiary/aromatic N) is 2. The van der Waals surface area contributed by atoms with E-state index < -0.39 is 0 Å². The second-order valence-corrected chi connectivity index (χ2v) is 4.06. The fourth-order valence-electron chi connectivity index (χ4n) is 2.17. The van der Waals surface area contributed by atoms with Gasteiger partial charge in [0, 0.05) is 6.07 Å². The molecule has 0 amide bonds. The molecule has 4 nitrogen and oxygen atoms in total. The van der Waals surface area contributed by atoms with Crippen molar-refractivity contribution in [2.45, 2.75) is 0 Å². The third-order valence-corrected chi connectivity index (χ3v) is 3.01. The van der Waals surface area contributed by atoms with Crippen molar-refractivity contribution in [2.75, 3.05) is 0 Å². The van der Waals surface area contributed by atoms with Gasteiger partial charge in [0.05, 0.1) is 5.39 Å². The van der Waals surface area contributed by atoms with Gasteiger partial charge in [-0.25, -0.2) is 0 Å². The summed E-state index contributed by atoms with van der Waals surface area (Å²) < 4.78 is 0. The SMILES string of the molecule is [O-]/[N+](=N\O)c1cccc2cc3ccccc3cc12. The fraction of sp³-hybridized carbons (Fsp3) is 0. The molecule has 88 valence electrons. The molecule has 18 heavy (non-hydrogen) atoms. The maximum absolute atomic E-state index is 11.5. The van der Waals surface area contributed by atoms with Crippen LogP contribution in [0.25, 0.3) is 21.5 Å². The molecule has 4 heteroatoms. The first-order chi connectivity index (χ1) is 8.79. The van der Waals surface area contributed by atoms with Gasteiger partial charge in [0.1, 0.15) is 0 Å². The van der Waals surface area contributed by atoms with Crippen molar-refractivity contribution in [3.05, 3.63) is 59.8 Å². The molecular formula is C14H10N2O2. The van der Waals surface area contributed by atoms with E-state index in [-0.39, 0.29) is 4.86 Å². The van der Waals surface area contributed by atoms with Crippen molar-refractivity contribution in [3.63, 3.8) is 0 Å². The topological polar surface area (TPSA) is 58.7 Å². The lowest BCUT2D eigenvalue weighted by molar-refractivity contribution is -0.472. The Balaban J connectivity index is 2.43. The molecule has 0 bridgehead atoms. The summed E-state index contributed by atoms with van der Waals surface area (Å²) in [5, 5.41) is 26.6. The van der Waals surface area contributed by atoms with Crippen LogP contribution in [-0.2, 0) is 0 Å². The predicted molar refractivity (Wildman–Crippen MR) is 69.0 cm³/mol. The zero-order valence-corrected chi connectivity index (χ0v) is 9.45. The highest BCUT2D eigenvalue weighted by Crippen LogP contribution is 2.29. The molecule has 0 aromatic heterocycles. The Morgan fingerprint density at radius 2 is 1.56 bits per heavy atom. The Hall–Kier alpha value is -2.62. The van der Waals surface area contributed by atoms with E-state index in [0.717, 1.165) is 21.5 Å². The summed E-state index contributed by atoms with van der Waals surface area (Å²) in [6, 6.07) is 17.2. The van der Waals surface area contributed by atoms with Crippen LogP contribution >= 0.6 is 0 Å². The predicted octanol–water partition coefficient (Wildman–Crippen LogP) is 3.98. The second-order valence-electron chi connectivity index (χ2n) is 4.06. The Kier molecular flexibility index (Phi) is 2.34. The van der Waals surface area contributed by atoms with Crippen LogP contribution in [0.2, 0.25) is 0 Å². The lowest BCUT2D eigenvalue weighted by Gasteiger charge is -2.04. The van der Waals surface area contributed by atoms with E-state index in [9.17, 15) is 5.21 Å². The summed E-state index contributed by atoms with van der Waals surface area (Å²) in [5.41, 5.74) is 0.334. The Bertz CT molecular complexity index is 766. The standard InChI is InChI=1S/C14H10N2O2/c17-15-16(18)14-7-3-6-12-8-10-4-1-2-5-11(10)9-13(12)14/h1-9,17H/b16-15-. The molecule has 0 atom stereocenters. The van der Waals surface area contributed by atoms with E-state index in [2.05, 4.69) is 5.28 Å². The minimum Gasteiger partial charge on any atom is -0.592 e. The van der Waals surface area contributed by atoms with Crippen LogP contribution < -0.4 is 0 Å². The number of hydrogen-bond acceptors (Lipinski definition) is 2. The third-order valence-electron chi connectivity index (χ3n) is 3.01. The van der Waals surface area contributed by atoms with E-state index in [1.54, 1.807) is 12.1 Å². The molecule has 0 aliphatic rings. The molecule has 0 heterocycles. The van der Waals surface area contributed by atoms with Crippen LogP contribution in [0, 0.1) is 5.21 Å². The van der Waals surface area contributed by atoms with E-state index in [0.29, 0.717) is 5.69 Å². The van der Waals surface area contributed by atoms with E-state index in [1.807, 2.05) is 42.5 Å². The van der Waals surface area contributed by atoms with Gasteiger partial charge in [-0.2, -0.15) is 0 Å². The Labute approximate surface area is 103 Å². The van der Waals surface area contributed by atoms with Gasteiger partial charge in [-0.15, -0.1) is 0 Å².